The van der Waals surface area contributed by atoms with E-state index >= 15 is 0 Å². The predicted molar refractivity (Wildman–Crippen MR) is 82.3 cm³/mol. The third-order valence-electron chi connectivity index (χ3n) is 3.77. The van der Waals surface area contributed by atoms with Crippen molar-refractivity contribution in [2.24, 2.45) is 5.92 Å². The molecule has 1 N–H and O–H groups in total. The Morgan fingerprint density at radius 1 is 1.42 bits per heavy atom. The summed E-state index contributed by atoms with van der Waals surface area (Å²) in [7, 11) is 0. The van der Waals surface area contributed by atoms with E-state index < -0.39 is 0 Å². The van der Waals surface area contributed by atoms with E-state index in [1.54, 1.807) is 0 Å². The molecule has 4 heteroatoms. The highest BCUT2D eigenvalue weighted by Crippen LogP contribution is 2.26. The van der Waals surface area contributed by atoms with Crippen LogP contribution in [0.2, 0.25) is 0 Å². The molecule has 19 heavy (non-hydrogen) atoms. The maximum absolute atomic E-state index is 5.73. The Morgan fingerprint density at radius 3 is 2.74 bits per heavy atom. The Hall–Kier alpha value is -0.320. The monoisotopic (exact) mass is 328 g/mol. The van der Waals surface area contributed by atoms with Gasteiger partial charge in [0.2, 0.25) is 0 Å². The Labute approximate surface area is 124 Å². The van der Waals surface area contributed by atoms with Crippen LogP contribution in [0.5, 0.6) is 0 Å². The molecule has 1 aliphatic heterocycles. The van der Waals surface area contributed by atoms with E-state index in [1.807, 2.05) is 6.07 Å². The van der Waals surface area contributed by atoms with Crippen molar-refractivity contribution in [1.82, 2.24) is 10.2 Å². The summed E-state index contributed by atoms with van der Waals surface area (Å²) >= 11 is 3.39. The number of hydrogen-bond acceptors (Lipinski definition) is 3. The minimum absolute atomic E-state index is 0.330. The lowest BCUT2D eigenvalue weighted by atomic mass is 10.1. The molecule has 0 aromatic carbocycles. The molecule has 1 aromatic rings. The zero-order valence-corrected chi connectivity index (χ0v) is 13.7. The second-order valence-corrected chi connectivity index (χ2v) is 6.74. The minimum atomic E-state index is 0.330. The number of hydrogen-bond donors (Lipinski definition) is 1. The van der Waals surface area contributed by atoms with E-state index in [9.17, 15) is 0 Å². The molecule has 0 saturated carbocycles. The van der Waals surface area contributed by atoms with Crippen molar-refractivity contribution in [3.63, 3.8) is 0 Å². The Morgan fingerprint density at radius 2 is 2.21 bits per heavy atom. The number of nitrogens with one attached hydrogen (secondary N) is 1. The zero-order valence-electron chi connectivity index (χ0n) is 12.2. The standard InChI is InChI=1S/C15H25BrN2O/c1-11(2)9-18(10-13-5-4-8-17-13)12(3)14-6-7-15(16)19-14/h6-7,11-13,17H,4-5,8-10H2,1-3H3. The first kappa shape index (κ1) is 15.1. The first-order chi connectivity index (χ1) is 9.06. The summed E-state index contributed by atoms with van der Waals surface area (Å²) in [5.41, 5.74) is 0. The molecule has 2 atom stereocenters. The van der Waals surface area contributed by atoms with Crippen LogP contribution in [0.25, 0.3) is 0 Å². The van der Waals surface area contributed by atoms with Gasteiger partial charge in [-0.05, 0) is 60.3 Å². The van der Waals surface area contributed by atoms with E-state index in [4.69, 9.17) is 4.42 Å². The van der Waals surface area contributed by atoms with Gasteiger partial charge in [0.1, 0.15) is 5.76 Å². The molecule has 1 saturated heterocycles. The van der Waals surface area contributed by atoms with E-state index in [0.29, 0.717) is 18.0 Å². The van der Waals surface area contributed by atoms with Crippen LogP contribution in [-0.4, -0.2) is 30.6 Å². The van der Waals surface area contributed by atoms with Gasteiger partial charge < -0.3 is 9.73 Å². The van der Waals surface area contributed by atoms with Gasteiger partial charge in [0.05, 0.1) is 6.04 Å². The summed E-state index contributed by atoms with van der Waals surface area (Å²) in [5.74, 6) is 1.72. The second-order valence-electron chi connectivity index (χ2n) is 5.96. The summed E-state index contributed by atoms with van der Waals surface area (Å²) < 4.78 is 6.54. The van der Waals surface area contributed by atoms with Crippen molar-refractivity contribution >= 4 is 15.9 Å². The van der Waals surface area contributed by atoms with Gasteiger partial charge in [0.15, 0.2) is 4.67 Å². The Bertz CT molecular complexity index is 385. The molecule has 2 heterocycles. The lowest BCUT2D eigenvalue weighted by Crippen LogP contribution is -2.40. The maximum atomic E-state index is 5.73. The van der Waals surface area contributed by atoms with Crippen LogP contribution >= 0.6 is 15.9 Å². The van der Waals surface area contributed by atoms with E-state index in [1.165, 1.54) is 19.4 Å². The average molecular weight is 329 g/mol. The first-order valence-electron chi connectivity index (χ1n) is 7.29. The van der Waals surface area contributed by atoms with Crippen LogP contribution < -0.4 is 5.32 Å². The number of halogens is 1. The molecule has 3 nitrogen and oxygen atoms in total. The van der Waals surface area contributed by atoms with Gasteiger partial charge in [-0.2, -0.15) is 0 Å². The maximum Gasteiger partial charge on any atom is 0.169 e. The third kappa shape index (κ3) is 4.33. The summed E-state index contributed by atoms with van der Waals surface area (Å²) in [6, 6.07) is 5.02. The molecule has 0 spiro atoms. The van der Waals surface area contributed by atoms with E-state index in [0.717, 1.165) is 23.5 Å². The molecule has 1 aliphatic rings. The molecular formula is C15H25BrN2O. The van der Waals surface area contributed by atoms with Crippen LogP contribution in [0.1, 0.15) is 45.4 Å². The smallest absolute Gasteiger partial charge is 0.169 e. The molecule has 0 radical (unpaired) electrons. The quantitative estimate of drug-likeness (QED) is 0.860. The molecule has 0 bridgehead atoms. The third-order valence-corrected chi connectivity index (χ3v) is 4.20. The molecule has 0 aliphatic carbocycles. The van der Waals surface area contributed by atoms with Crippen LogP contribution in [0.4, 0.5) is 0 Å². The number of furan rings is 1. The first-order valence-corrected chi connectivity index (χ1v) is 8.08. The largest absolute Gasteiger partial charge is 0.453 e. The molecule has 2 unspecified atom stereocenters. The van der Waals surface area contributed by atoms with Gasteiger partial charge in [-0.1, -0.05) is 13.8 Å². The lowest BCUT2D eigenvalue weighted by Gasteiger charge is -2.31. The Balaban J connectivity index is 2.02. The van der Waals surface area contributed by atoms with Gasteiger partial charge in [0, 0.05) is 19.1 Å². The van der Waals surface area contributed by atoms with Crippen LogP contribution in [-0.2, 0) is 0 Å². The van der Waals surface area contributed by atoms with Crippen molar-refractivity contribution in [1.29, 1.82) is 0 Å². The van der Waals surface area contributed by atoms with Crippen LogP contribution in [0.15, 0.2) is 21.2 Å². The summed E-state index contributed by atoms with van der Waals surface area (Å²) in [6.07, 6.45) is 2.60. The Kier molecular flexibility index (Phi) is 5.48. The van der Waals surface area contributed by atoms with Crippen LogP contribution in [0.3, 0.4) is 0 Å². The molecular weight excluding hydrogens is 304 g/mol. The normalized spacial score (nSPS) is 21.5. The predicted octanol–water partition coefficient (Wildman–Crippen LogP) is 3.81. The topological polar surface area (TPSA) is 28.4 Å². The number of rotatable bonds is 6. The highest BCUT2D eigenvalue weighted by atomic mass is 79.9. The van der Waals surface area contributed by atoms with E-state index in [-0.39, 0.29) is 0 Å². The second kappa shape index (κ2) is 6.91. The van der Waals surface area contributed by atoms with Crippen molar-refractivity contribution < 1.29 is 4.42 Å². The SMILES string of the molecule is CC(C)CN(CC1CCCN1)C(C)c1ccc(Br)o1. The fourth-order valence-electron chi connectivity index (χ4n) is 2.79. The van der Waals surface area contributed by atoms with Crippen molar-refractivity contribution in [2.45, 2.75) is 45.7 Å². The van der Waals surface area contributed by atoms with Crippen LogP contribution in [0, 0.1) is 5.92 Å². The molecule has 108 valence electrons. The highest BCUT2D eigenvalue weighted by Gasteiger charge is 2.24. The van der Waals surface area contributed by atoms with Crippen molar-refractivity contribution in [2.75, 3.05) is 19.6 Å². The highest BCUT2D eigenvalue weighted by molar-refractivity contribution is 9.10. The zero-order chi connectivity index (χ0) is 13.8. The molecule has 2 rings (SSSR count). The van der Waals surface area contributed by atoms with Gasteiger partial charge in [-0.15, -0.1) is 0 Å². The van der Waals surface area contributed by atoms with Gasteiger partial charge in [0.25, 0.3) is 0 Å². The number of nitrogens with zero attached hydrogens (tertiary/aromatic N) is 1. The van der Waals surface area contributed by atoms with Crippen molar-refractivity contribution in [3.8, 4) is 0 Å². The fourth-order valence-corrected chi connectivity index (χ4v) is 3.11. The summed E-state index contributed by atoms with van der Waals surface area (Å²) in [4.78, 5) is 2.54. The summed E-state index contributed by atoms with van der Waals surface area (Å²) in [5, 5.41) is 3.59. The average Bonchev–Trinajstić information content (AvgIpc) is 2.98. The minimum Gasteiger partial charge on any atom is -0.453 e. The summed E-state index contributed by atoms with van der Waals surface area (Å²) in [6.45, 7) is 10.2. The molecule has 0 amide bonds. The molecule has 1 fully saturated rings. The lowest BCUT2D eigenvalue weighted by molar-refractivity contribution is 0.153. The van der Waals surface area contributed by atoms with Crippen molar-refractivity contribution in [3.05, 3.63) is 22.6 Å². The molecule has 1 aromatic heterocycles. The van der Waals surface area contributed by atoms with E-state index in [2.05, 4.69) is 53.0 Å². The fraction of sp³-hybridized carbons (Fsp3) is 0.733. The van der Waals surface area contributed by atoms with Gasteiger partial charge in [-0.3, -0.25) is 4.90 Å². The van der Waals surface area contributed by atoms with Gasteiger partial charge >= 0.3 is 0 Å². The van der Waals surface area contributed by atoms with Gasteiger partial charge in [-0.25, -0.2) is 0 Å².